The van der Waals surface area contributed by atoms with Gasteiger partial charge in [-0.1, -0.05) is 6.07 Å². The fourth-order valence-corrected chi connectivity index (χ4v) is 2.66. The van der Waals surface area contributed by atoms with Crippen molar-refractivity contribution in [1.29, 1.82) is 0 Å². The summed E-state index contributed by atoms with van der Waals surface area (Å²) in [7, 11) is 0. The van der Waals surface area contributed by atoms with E-state index in [-0.39, 0.29) is 18.1 Å². The summed E-state index contributed by atoms with van der Waals surface area (Å²) in [6, 6.07) is 8.05. The average molecular weight is 296 g/mol. The van der Waals surface area contributed by atoms with Crippen molar-refractivity contribution in [2.24, 2.45) is 5.18 Å². The number of amides is 1. The third-order valence-corrected chi connectivity index (χ3v) is 3.65. The Morgan fingerprint density at radius 2 is 2.14 bits per heavy atom. The SMILES string of the molecule is O=Nc1c(-c2ccc3c(c2)CC(=O)N3)nc2ccc(F)cn12. The molecule has 0 saturated carbocycles. The minimum Gasteiger partial charge on any atom is -0.326 e. The normalized spacial score (nSPS) is 13.2. The first-order chi connectivity index (χ1) is 10.7. The summed E-state index contributed by atoms with van der Waals surface area (Å²) in [5.41, 5.74) is 3.05. The monoisotopic (exact) mass is 296 g/mol. The van der Waals surface area contributed by atoms with Crippen LogP contribution in [0.4, 0.5) is 15.9 Å². The van der Waals surface area contributed by atoms with E-state index in [1.54, 1.807) is 18.2 Å². The van der Waals surface area contributed by atoms with Crippen LogP contribution in [0, 0.1) is 10.7 Å². The first-order valence-corrected chi connectivity index (χ1v) is 6.60. The molecule has 1 aromatic carbocycles. The topological polar surface area (TPSA) is 75.8 Å². The lowest BCUT2D eigenvalue weighted by Gasteiger charge is -2.02. The van der Waals surface area contributed by atoms with E-state index in [1.165, 1.54) is 22.7 Å². The van der Waals surface area contributed by atoms with Crippen LogP contribution < -0.4 is 5.32 Å². The number of nitrogens with one attached hydrogen (secondary N) is 1. The van der Waals surface area contributed by atoms with Gasteiger partial charge < -0.3 is 5.32 Å². The van der Waals surface area contributed by atoms with Gasteiger partial charge in [-0.05, 0) is 35.0 Å². The van der Waals surface area contributed by atoms with Gasteiger partial charge in [0.05, 0.1) is 6.42 Å². The second-order valence-electron chi connectivity index (χ2n) is 5.05. The number of hydrogen-bond donors (Lipinski definition) is 1. The minimum absolute atomic E-state index is 0.0340. The van der Waals surface area contributed by atoms with Gasteiger partial charge >= 0.3 is 0 Å². The number of nitrogens with zero attached hydrogens (tertiary/aromatic N) is 3. The van der Waals surface area contributed by atoms with E-state index in [2.05, 4.69) is 15.5 Å². The highest BCUT2D eigenvalue weighted by atomic mass is 19.1. The van der Waals surface area contributed by atoms with Crippen LogP contribution in [-0.2, 0) is 11.2 Å². The standard InChI is InChI=1S/C15H9FN4O2/c16-10-2-4-12-18-14(15(19-22)20(12)7-10)8-1-3-11-9(5-8)6-13(21)17-11/h1-5,7H,6H2,(H,17,21). The predicted octanol–water partition coefficient (Wildman–Crippen LogP) is 3.03. The highest BCUT2D eigenvalue weighted by Crippen LogP contribution is 2.34. The van der Waals surface area contributed by atoms with E-state index < -0.39 is 5.82 Å². The predicted molar refractivity (Wildman–Crippen MR) is 78.4 cm³/mol. The zero-order valence-electron chi connectivity index (χ0n) is 11.2. The maximum Gasteiger partial charge on any atom is 0.228 e. The molecule has 108 valence electrons. The molecule has 1 amide bonds. The Morgan fingerprint density at radius 3 is 2.95 bits per heavy atom. The number of carbonyl (C=O) groups is 1. The van der Waals surface area contributed by atoms with Crippen molar-refractivity contribution in [3.05, 3.63) is 52.8 Å². The first-order valence-electron chi connectivity index (χ1n) is 6.60. The first kappa shape index (κ1) is 12.6. The van der Waals surface area contributed by atoms with Crippen molar-refractivity contribution in [2.45, 2.75) is 6.42 Å². The van der Waals surface area contributed by atoms with E-state index in [0.717, 1.165) is 11.3 Å². The number of pyridine rings is 1. The molecule has 0 spiro atoms. The van der Waals surface area contributed by atoms with Gasteiger partial charge in [-0.25, -0.2) is 9.37 Å². The number of aromatic nitrogens is 2. The van der Waals surface area contributed by atoms with Crippen LogP contribution in [0.15, 0.2) is 41.7 Å². The van der Waals surface area contributed by atoms with E-state index in [1.807, 2.05) is 0 Å². The largest absolute Gasteiger partial charge is 0.326 e. The van der Waals surface area contributed by atoms with Crippen molar-refractivity contribution < 1.29 is 9.18 Å². The Bertz CT molecular complexity index is 948. The number of carbonyl (C=O) groups excluding carboxylic acids is 1. The van der Waals surface area contributed by atoms with Crippen molar-refractivity contribution in [2.75, 3.05) is 5.32 Å². The Labute approximate surface area is 123 Å². The van der Waals surface area contributed by atoms with Crippen molar-refractivity contribution in [1.82, 2.24) is 9.38 Å². The van der Waals surface area contributed by atoms with Gasteiger partial charge in [-0.15, -0.1) is 4.91 Å². The Morgan fingerprint density at radius 1 is 1.27 bits per heavy atom. The van der Waals surface area contributed by atoms with Crippen molar-refractivity contribution in [3.63, 3.8) is 0 Å². The molecule has 6 nitrogen and oxygen atoms in total. The molecule has 1 aliphatic rings. The molecule has 7 heteroatoms. The number of anilines is 1. The second kappa shape index (κ2) is 4.45. The van der Waals surface area contributed by atoms with Crippen LogP contribution in [0.1, 0.15) is 5.56 Å². The highest BCUT2D eigenvalue weighted by Gasteiger charge is 2.21. The van der Waals surface area contributed by atoms with Gasteiger partial charge in [0.25, 0.3) is 0 Å². The zero-order chi connectivity index (χ0) is 15.3. The summed E-state index contributed by atoms with van der Waals surface area (Å²) in [4.78, 5) is 26.9. The molecule has 0 radical (unpaired) electrons. The number of rotatable bonds is 2. The van der Waals surface area contributed by atoms with Crippen LogP contribution in [0.5, 0.6) is 0 Å². The molecule has 2 aromatic heterocycles. The molecule has 3 aromatic rings. The molecule has 4 rings (SSSR count). The number of hydrogen-bond acceptors (Lipinski definition) is 4. The lowest BCUT2D eigenvalue weighted by atomic mass is 10.1. The van der Waals surface area contributed by atoms with Crippen molar-refractivity contribution in [3.8, 4) is 11.3 Å². The van der Waals surface area contributed by atoms with Crippen LogP contribution in [0.25, 0.3) is 16.9 Å². The molecule has 0 aliphatic carbocycles. The highest BCUT2D eigenvalue weighted by molar-refractivity contribution is 5.99. The van der Waals surface area contributed by atoms with Crippen LogP contribution in [0.3, 0.4) is 0 Å². The lowest BCUT2D eigenvalue weighted by Crippen LogP contribution is -2.03. The van der Waals surface area contributed by atoms with Crippen LogP contribution >= 0.6 is 0 Å². The minimum atomic E-state index is -0.481. The Kier molecular flexibility index (Phi) is 2.56. The molecule has 22 heavy (non-hydrogen) atoms. The lowest BCUT2D eigenvalue weighted by molar-refractivity contribution is -0.115. The van der Waals surface area contributed by atoms with E-state index in [9.17, 15) is 14.1 Å². The maximum absolute atomic E-state index is 13.3. The Hall–Kier alpha value is -3.09. The second-order valence-corrected chi connectivity index (χ2v) is 5.05. The fraction of sp³-hybridized carbons (Fsp3) is 0.0667. The van der Waals surface area contributed by atoms with E-state index >= 15 is 0 Å². The number of halogens is 1. The summed E-state index contributed by atoms with van der Waals surface area (Å²) in [5, 5.41) is 5.73. The van der Waals surface area contributed by atoms with Gasteiger partial charge in [0.1, 0.15) is 17.2 Å². The molecular formula is C15H9FN4O2. The van der Waals surface area contributed by atoms with Crippen LogP contribution in [0.2, 0.25) is 0 Å². The summed E-state index contributed by atoms with van der Waals surface area (Å²) in [6.45, 7) is 0. The number of imidazole rings is 1. The third kappa shape index (κ3) is 1.79. The maximum atomic E-state index is 13.3. The van der Waals surface area contributed by atoms with E-state index in [0.29, 0.717) is 16.9 Å². The molecule has 1 aliphatic heterocycles. The Balaban J connectivity index is 1.93. The smallest absolute Gasteiger partial charge is 0.228 e. The summed E-state index contributed by atoms with van der Waals surface area (Å²) >= 11 is 0. The van der Waals surface area contributed by atoms with Gasteiger partial charge in [0, 0.05) is 17.4 Å². The molecule has 0 atom stereocenters. The zero-order valence-corrected chi connectivity index (χ0v) is 11.2. The molecule has 1 N–H and O–H groups in total. The molecule has 3 heterocycles. The molecule has 0 bridgehead atoms. The van der Waals surface area contributed by atoms with E-state index in [4.69, 9.17) is 0 Å². The van der Waals surface area contributed by atoms with Crippen molar-refractivity contribution >= 4 is 23.1 Å². The summed E-state index contributed by atoms with van der Waals surface area (Å²) in [5.74, 6) is -0.519. The van der Waals surface area contributed by atoms with Gasteiger partial charge in [-0.2, -0.15) is 0 Å². The van der Waals surface area contributed by atoms with Crippen LogP contribution in [-0.4, -0.2) is 15.3 Å². The fourth-order valence-electron chi connectivity index (χ4n) is 2.66. The van der Waals surface area contributed by atoms with Gasteiger partial charge in [0.15, 0.2) is 0 Å². The van der Waals surface area contributed by atoms with Gasteiger partial charge in [0.2, 0.25) is 11.7 Å². The molecule has 0 fully saturated rings. The summed E-state index contributed by atoms with van der Waals surface area (Å²) < 4.78 is 14.7. The molecule has 0 unspecified atom stereocenters. The third-order valence-electron chi connectivity index (χ3n) is 3.65. The number of fused-ring (bicyclic) bond motifs is 2. The quantitative estimate of drug-likeness (QED) is 0.738. The van der Waals surface area contributed by atoms with Gasteiger partial charge in [-0.3, -0.25) is 9.20 Å². The molecule has 0 saturated heterocycles. The molecular weight excluding hydrogens is 287 g/mol. The number of nitroso groups, excluding NO2 is 1. The number of benzene rings is 1. The summed E-state index contributed by atoms with van der Waals surface area (Å²) in [6.07, 6.45) is 1.45. The average Bonchev–Trinajstić information content (AvgIpc) is 3.04.